The average molecular weight is 357 g/mol. The van der Waals surface area contributed by atoms with Crippen LogP contribution in [-0.4, -0.2) is 22.3 Å². The Balaban J connectivity index is 1.42. The number of hydrogen-bond acceptors (Lipinski definition) is 4. The van der Waals surface area contributed by atoms with Gasteiger partial charge in [0, 0.05) is 17.8 Å². The van der Waals surface area contributed by atoms with E-state index in [1.54, 1.807) is 22.7 Å². The molecular formula is C19H20N2OS2. The van der Waals surface area contributed by atoms with E-state index >= 15 is 0 Å². The van der Waals surface area contributed by atoms with E-state index in [0.717, 1.165) is 42.8 Å². The van der Waals surface area contributed by atoms with E-state index in [2.05, 4.69) is 34.5 Å². The van der Waals surface area contributed by atoms with Gasteiger partial charge < -0.3 is 4.90 Å². The number of nitrogens with zero attached hydrogens (tertiary/aromatic N) is 2. The molecule has 0 saturated carbocycles. The molecule has 3 aromatic rings. The van der Waals surface area contributed by atoms with Crippen molar-refractivity contribution in [3.05, 3.63) is 51.7 Å². The Hall–Kier alpha value is -1.72. The normalized spacial score (nSPS) is 17.7. The van der Waals surface area contributed by atoms with Gasteiger partial charge in [-0.2, -0.15) is 0 Å². The van der Waals surface area contributed by atoms with Crippen LogP contribution in [0.5, 0.6) is 0 Å². The molecule has 1 unspecified atom stereocenters. The summed E-state index contributed by atoms with van der Waals surface area (Å²) in [5, 5.41) is 3.20. The second kappa shape index (κ2) is 7.03. The summed E-state index contributed by atoms with van der Waals surface area (Å²) in [6, 6.07) is 12.6. The molecule has 0 spiro atoms. The van der Waals surface area contributed by atoms with Gasteiger partial charge in [0.05, 0.1) is 16.3 Å². The van der Waals surface area contributed by atoms with Crippen LogP contribution < -0.4 is 0 Å². The standard InChI is InChI=1S/C19H20N2OS2/c22-18(11-3-6-14-7-5-13-23-14)21-12-4-9-16(21)19-20-15-8-1-2-10-17(15)24-19/h1-2,5,7-8,10,13,16H,3-4,6,9,11-12H2. The Morgan fingerprint density at radius 1 is 1.25 bits per heavy atom. The van der Waals surface area contributed by atoms with Crippen LogP contribution in [0.1, 0.15) is 41.6 Å². The molecule has 1 fully saturated rings. The second-order valence-corrected chi connectivity index (χ2v) is 8.29. The number of hydrogen-bond donors (Lipinski definition) is 0. The Morgan fingerprint density at radius 2 is 2.17 bits per heavy atom. The Kier molecular flexibility index (Phi) is 4.63. The van der Waals surface area contributed by atoms with Gasteiger partial charge in [0.25, 0.3) is 0 Å². The Morgan fingerprint density at radius 3 is 3.00 bits per heavy atom. The number of para-hydroxylation sites is 1. The number of carbonyl (C=O) groups is 1. The van der Waals surface area contributed by atoms with Gasteiger partial charge >= 0.3 is 0 Å². The van der Waals surface area contributed by atoms with Crippen LogP contribution in [0.25, 0.3) is 10.2 Å². The lowest BCUT2D eigenvalue weighted by Crippen LogP contribution is -2.30. The first-order valence-electron chi connectivity index (χ1n) is 8.48. The maximum Gasteiger partial charge on any atom is 0.223 e. The highest BCUT2D eigenvalue weighted by Crippen LogP contribution is 2.36. The number of thiophene rings is 1. The molecule has 0 radical (unpaired) electrons. The number of aryl methyl sites for hydroxylation is 1. The van der Waals surface area contributed by atoms with Crippen LogP contribution in [0.4, 0.5) is 0 Å². The fourth-order valence-electron chi connectivity index (χ4n) is 3.37. The average Bonchev–Trinajstić information content (AvgIpc) is 3.33. The summed E-state index contributed by atoms with van der Waals surface area (Å²) in [5.41, 5.74) is 1.05. The molecule has 4 rings (SSSR count). The van der Waals surface area contributed by atoms with Gasteiger partial charge in [-0.15, -0.1) is 22.7 Å². The van der Waals surface area contributed by atoms with Crippen molar-refractivity contribution in [2.75, 3.05) is 6.54 Å². The lowest BCUT2D eigenvalue weighted by atomic mass is 10.2. The van der Waals surface area contributed by atoms with Gasteiger partial charge in [-0.05, 0) is 49.3 Å². The third kappa shape index (κ3) is 3.23. The van der Waals surface area contributed by atoms with Crippen molar-refractivity contribution in [3.8, 4) is 0 Å². The fraction of sp³-hybridized carbons (Fsp3) is 0.368. The lowest BCUT2D eigenvalue weighted by Gasteiger charge is -2.23. The summed E-state index contributed by atoms with van der Waals surface area (Å²) in [7, 11) is 0. The molecule has 3 heterocycles. The number of thiazole rings is 1. The highest BCUT2D eigenvalue weighted by atomic mass is 32.1. The van der Waals surface area contributed by atoms with Gasteiger partial charge in [-0.3, -0.25) is 4.79 Å². The molecule has 0 bridgehead atoms. The summed E-state index contributed by atoms with van der Waals surface area (Å²) >= 11 is 3.51. The molecule has 24 heavy (non-hydrogen) atoms. The van der Waals surface area contributed by atoms with E-state index in [1.807, 2.05) is 12.1 Å². The Bertz CT molecular complexity index is 792. The highest BCUT2D eigenvalue weighted by Gasteiger charge is 2.31. The third-order valence-electron chi connectivity index (χ3n) is 4.56. The minimum Gasteiger partial charge on any atom is -0.333 e. The number of aromatic nitrogens is 1. The SMILES string of the molecule is O=C(CCCc1cccs1)N1CCCC1c1nc2ccccc2s1. The van der Waals surface area contributed by atoms with Crippen molar-refractivity contribution in [1.82, 2.24) is 9.88 Å². The van der Waals surface area contributed by atoms with Crippen LogP contribution in [0, 0.1) is 0 Å². The molecule has 1 saturated heterocycles. The van der Waals surface area contributed by atoms with Gasteiger partial charge in [0.1, 0.15) is 5.01 Å². The van der Waals surface area contributed by atoms with Crippen LogP contribution >= 0.6 is 22.7 Å². The first-order valence-corrected chi connectivity index (χ1v) is 10.2. The largest absolute Gasteiger partial charge is 0.333 e. The summed E-state index contributed by atoms with van der Waals surface area (Å²) in [4.78, 5) is 20.9. The van der Waals surface area contributed by atoms with E-state index in [1.165, 1.54) is 9.58 Å². The molecule has 0 N–H and O–H groups in total. The van der Waals surface area contributed by atoms with Crippen molar-refractivity contribution in [3.63, 3.8) is 0 Å². The Labute approximate surface area is 150 Å². The molecular weight excluding hydrogens is 336 g/mol. The summed E-state index contributed by atoms with van der Waals surface area (Å²) < 4.78 is 1.21. The van der Waals surface area contributed by atoms with Crippen molar-refractivity contribution in [2.24, 2.45) is 0 Å². The molecule has 0 aliphatic carbocycles. The molecule has 3 nitrogen and oxygen atoms in total. The van der Waals surface area contributed by atoms with Crippen LogP contribution in [-0.2, 0) is 11.2 Å². The minimum atomic E-state index is 0.177. The predicted octanol–water partition coefficient (Wildman–Crippen LogP) is 5.04. The molecule has 124 valence electrons. The van der Waals surface area contributed by atoms with E-state index in [9.17, 15) is 4.79 Å². The quantitative estimate of drug-likeness (QED) is 0.641. The van der Waals surface area contributed by atoms with Gasteiger partial charge in [0.15, 0.2) is 0 Å². The number of fused-ring (bicyclic) bond motifs is 1. The van der Waals surface area contributed by atoms with Crippen LogP contribution in [0.3, 0.4) is 0 Å². The molecule has 1 aliphatic rings. The topological polar surface area (TPSA) is 33.2 Å². The van der Waals surface area contributed by atoms with Crippen molar-refractivity contribution >= 4 is 38.8 Å². The molecule has 5 heteroatoms. The van der Waals surface area contributed by atoms with E-state index in [-0.39, 0.29) is 11.9 Å². The van der Waals surface area contributed by atoms with Crippen molar-refractivity contribution in [1.29, 1.82) is 0 Å². The third-order valence-corrected chi connectivity index (χ3v) is 6.64. The number of rotatable bonds is 5. The second-order valence-electron chi connectivity index (χ2n) is 6.20. The number of benzene rings is 1. The van der Waals surface area contributed by atoms with Crippen LogP contribution in [0.2, 0.25) is 0 Å². The monoisotopic (exact) mass is 356 g/mol. The number of amides is 1. The maximum absolute atomic E-state index is 12.7. The first-order chi connectivity index (χ1) is 11.8. The van der Waals surface area contributed by atoms with E-state index in [4.69, 9.17) is 4.98 Å². The maximum atomic E-state index is 12.7. The minimum absolute atomic E-state index is 0.177. The predicted molar refractivity (Wildman–Crippen MR) is 101 cm³/mol. The molecule has 2 aromatic heterocycles. The van der Waals surface area contributed by atoms with Gasteiger partial charge in [-0.25, -0.2) is 4.98 Å². The molecule has 1 amide bonds. The van der Waals surface area contributed by atoms with Crippen LogP contribution in [0.15, 0.2) is 41.8 Å². The van der Waals surface area contributed by atoms with E-state index in [0.29, 0.717) is 6.42 Å². The molecule has 1 atom stereocenters. The first kappa shape index (κ1) is 15.8. The fourth-order valence-corrected chi connectivity index (χ4v) is 5.23. The zero-order chi connectivity index (χ0) is 16.4. The lowest BCUT2D eigenvalue weighted by molar-refractivity contribution is -0.132. The van der Waals surface area contributed by atoms with E-state index < -0.39 is 0 Å². The number of carbonyl (C=O) groups excluding carboxylic acids is 1. The molecule has 1 aromatic carbocycles. The van der Waals surface area contributed by atoms with Crippen molar-refractivity contribution in [2.45, 2.75) is 38.1 Å². The zero-order valence-corrected chi connectivity index (χ0v) is 15.1. The summed E-state index contributed by atoms with van der Waals surface area (Å²) in [5.74, 6) is 0.285. The summed E-state index contributed by atoms with van der Waals surface area (Å²) in [6.45, 7) is 0.873. The number of likely N-dealkylation sites (tertiary alicyclic amines) is 1. The van der Waals surface area contributed by atoms with Gasteiger partial charge in [0.2, 0.25) is 5.91 Å². The van der Waals surface area contributed by atoms with Gasteiger partial charge in [-0.1, -0.05) is 18.2 Å². The highest BCUT2D eigenvalue weighted by molar-refractivity contribution is 7.18. The summed E-state index contributed by atoms with van der Waals surface area (Å²) in [6.07, 6.45) is 4.69. The zero-order valence-electron chi connectivity index (χ0n) is 13.5. The van der Waals surface area contributed by atoms with Crippen molar-refractivity contribution < 1.29 is 4.79 Å². The molecule has 1 aliphatic heterocycles. The smallest absolute Gasteiger partial charge is 0.223 e.